The Morgan fingerprint density at radius 1 is 1.19 bits per heavy atom. The standard InChI is InChI=1S/C19H13N3O3S/c1-12(23)22-11-14(17(21-22)13-6-3-2-4-7-13)10-15-19(24)25-18(20-15)16-8-5-9-26-16/h2-11H,1H3/b15-10+. The normalized spacial score (nSPS) is 15.2. The molecule has 1 aliphatic rings. The summed E-state index contributed by atoms with van der Waals surface area (Å²) in [5.41, 5.74) is 2.23. The molecule has 26 heavy (non-hydrogen) atoms. The number of hydrogen-bond donors (Lipinski definition) is 0. The molecule has 0 saturated carbocycles. The van der Waals surface area contributed by atoms with Crippen LogP contribution in [0.2, 0.25) is 0 Å². The number of ether oxygens (including phenoxy) is 1. The molecule has 6 nitrogen and oxygen atoms in total. The maximum Gasteiger partial charge on any atom is 0.363 e. The molecular formula is C19H13N3O3S. The van der Waals surface area contributed by atoms with Gasteiger partial charge in [-0.05, 0) is 17.5 Å². The zero-order chi connectivity index (χ0) is 18.1. The van der Waals surface area contributed by atoms with Crippen molar-refractivity contribution in [3.8, 4) is 11.3 Å². The van der Waals surface area contributed by atoms with Crippen molar-refractivity contribution < 1.29 is 14.3 Å². The van der Waals surface area contributed by atoms with Gasteiger partial charge in [-0.2, -0.15) is 5.10 Å². The Balaban J connectivity index is 1.79. The Morgan fingerprint density at radius 3 is 2.69 bits per heavy atom. The third-order valence-electron chi connectivity index (χ3n) is 3.76. The minimum absolute atomic E-state index is 0.175. The van der Waals surface area contributed by atoms with Crippen LogP contribution >= 0.6 is 11.3 Å². The lowest BCUT2D eigenvalue weighted by molar-refractivity contribution is -0.129. The Kier molecular flexibility index (Phi) is 4.06. The molecule has 0 atom stereocenters. The van der Waals surface area contributed by atoms with Gasteiger partial charge in [0.1, 0.15) is 5.69 Å². The Hall–Kier alpha value is -3.32. The summed E-state index contributed by atoms with van der Waals surface area (Å²) < 4.78 is 6.50. The first kappa shape index (κ1) is 16.2. The summed E-state index contributed by atoms with van der Waals surface area (Å²) in [6, 6.07) is 13.1. The lowest BCUT2D eigenvalue weighted by Gasteiger charge is -1.98. The highest BCUT2D eigenvalue weighted by Crippen LogP contribution is 2.27. The summed E-state index contributed by atoms with van der Waals surface area (Å²) in [6.07, 6.45) is 3.18. The lowest BCUT2D eigenvalue weighted by atomic mass is 10.1. The molecule has 0 N–H and O–H groups in total. The highest BCUT2D eigenvalue weighted by atomic mass is 32.1. The molecule has 0 radical (unpaired) electrons. The zero-order valence-electron chi connectivity index (χ0n) is 13.7. The van der Waals surface area contributed by atoms with Crippen molar-refractivity contribution in [1.82, 2.24) is 9.78 Å². The van der Waals surface area contributed by atoms with Gasteiger partial charge in [0.2, 0.25) is 11.8 Å². The maximum absolute atomic E-state index is 12.2. The lowest BCUT2D eigenvalue weighted by Crippen LogP contribution is -2.05. The topological polar surface area (TPSA) is 73.6 Å². The average molecular weight is 363 g/mol. The van der Waals surface area contributed by atoms with E-state index in [4.69, 9.17) is 4.74 Å². The fourth-order valence-corrected chi connectivity index (χ4v) is 3.19. The van der Waals surface area contributed by atoms with E-state index in [1.165, 1.54) is 22.9 Å². The van der Waals surface area contributed by atoms with Crippen molar-refractivity contribution in [2.75, 3.05) is 0 Å². The minimum Gasteiger partial charge on any atom is -0.401 e. The molecule has 3 aromatic rings. The third-order valence-corrected chi connectivity index (χ3v) is 4.61. The van der Waals surface area contributed by atoms with E-state index in [1.54, 1.807) is 12.3 Å². The van der Waals surface area contributed by atoms with Crippen molar-refractivity contribution in [3.05, 3.63) is 70.2 Å². The molecule has 2 aromatic heterocycles. The number of rotatable bonds is 3. The number of carbonyl (C=O) groups is 2. The van der Waals surface area contributed by atoms with Crippen LogP contribution in [0.3, 0.4) is 0 Å². The summed E-state index contributed by atoms with van der Waals surface area (Å²) >= 11 is 1.44. The molecule has 0 aliphatic carbocycles. The first-order valence-corrected chi connectivity index (χ1v) is 8.72. The molecule has 1 aliphatic heterocycles. The van der Waals surface area contributed by atoms with Crippen LogP contribution in [0.5, 0.6) is 0 Å². The quantitative estimate of drug-likeness (QED) is 0.526. The second-order valence-corrected chi connectivity index (χ2v) is 6.52. The Morgan fingerprint density at radius 2 is 2.00 bits per heavy atom. The van der Waals surface area contributed by atoms with Gasteiger partial charge in [-0.3, -0.25) is 4.79 Å². The van der Waals surface area contributed by atoms with Gasteiger partial charge >= 0.3 is 5.97 Å². The molecule has 0 bridgehead atoms. The molecule has 1 aromatic carbocycles. The highest BCUT2D eigenvalue weighted by molar-refractivity contribution is 7.12. The highest BCUT2D eigenvalue weighted by Gasteiger charge is 2.25. The van der Waals surface area contributed by atoms with Gasteiger partial charge in [-0.25, -0.2) is 14.5 Å². The van der Waals surface area contributed by atoms with Gasteiger partial charge < -0.3 is 4.74 Å². The van der Waals surface area contributed by atoms with E-state index in [2.05, 4.69) is 10.1 Å². The summed E-state index contributed by atoms with van der Waals surface area (Å²) in [7, 11) is 0. The number of aromatic nitrogens is 2. The van der Waals surface area contributed by atoms with Gasteiger partial charge in [-0.15, -0.1) is 11.3 Å². The van der Waals surface area contributed by atoms with Crippen LogP contribution in [0, 0.1) is 0 Å². The number of nitrogens with zero attached hydrogens (tertiary/aromatic N) is 3. The van der Waals surface area contributed by atoms with Gasteiger partial charge in [0, 0.05) is 24.2 Å². The average Bonchev–Trinajstić information content (AvgIpc) is 3.37. The molecule has 4 rings (SSSR count). The molecule has 0 fully saturated rings. The number of thiophene rings is 1. The third kappa shape index (κ3) is 3.00. The second-order valence-electron chi connectivity index (χ2n) is 5.58. The SMILES string of the molecule is CC(=O)n1cc(/C=C2/N=C(c3cccs3)OC2=O)c(-c2ccccc2)n1. The number of esters is 1. The van der Waals surface area contributed by atoms with E-state index in [9.17, 15) is 9.59 Å². The molecule has 7 heteroatoms. The van der Waals surface area contributed by atoms with E-state index in [1.807, 2.05) is 47.8 Å². The Bertz CT molecular complexity index is 1050. The maximum atomic E-state index is 12.2. The van der Waals surface area contributed by atoms with Crippen LogP contribution in [-0.2, 0) is 9.53 Å². The minimum atomic E-state index is -0.525. The Labute approximate surface area is 153 Å². The van der Waals surface area contributed by atoms with Crippen LogP contribution < -0.4 is 0 Å². The monoisotopic (exact) mass is 363 g/mol. The van der Waals surface area contributed by atoms with E-state index in [0.717, 1.165) is 10.4 Å². The largest absolute Gasteiger partial charge is 0.401 e. The van der Waals surface area contributed by atoms with E-state index >= 15 is 0 Å². The number of hydrogen-bond acceptors (Lipinski definition) is 6. The van der Waals surface area contributed by atoms with Crippen molar-refractivity contribution in [2.24, 2.45) is 4.99 Å². The number of aliphatic imine (C=N–C) groups is 1. The van der Waals surface area contributed by atoms with Crippen LogP contribution in [0.25, 0.3) is 17.3 Å². The first-order chi connectivity index (χ1) is 12.6. The zero-order valence-corrected chi connectivity index (χ0v) is 14.6. The van der Waals surface area contributed by atoms with Crippen molar-refractivity contribution in [1.29, 1.82) is 0 Å². The molecule has 0 unspecified atom stereocenters. The van der Waals surface area contributed by atoms with Crippen LogP contribution in [0.1, 0.15) is 22.2 Å². The fraction of sp³-hybridized carbons (Fsp3) is 0.0526. The van der Waals surface area contributed by atoms with E-state index in [-0.39, 0.29) is 17.5 Å². The summed E-state index contributed by atoms with van der Waals surface area (Å²) in [5.74, 6) is -0.455. The van der Waals surface area contributed by atoms with E-state index < -0.39 is 5.97 Å². The molecule has 0 saturated heterocycles. The van der Waals surface area contributed by atoms with Crippen molar-refractivity contribution in [3.63, 3.8) is 0 Å². The molecule has 0 amide bonds. The summed E-state index contributed by atoms with van der Waals surface area (Å²) in [6.45, 7) is 1.43. The summed E-state index contributed by atoms with van der Waals surface area (Å²) in [5, 5.41) is 6.23. The number of carbonyl (C=O) groups excluding carboxylic acids is 2. The van der Waals surface area contributed by atoms with Crippen molar-refractivity contribution in [2.45, 2.75) is 6.92 Å². The number of cyclic esters (lactones) is 1. The molecule has 3 heterocycles. The molecule has 128 valence electrons. The summed E-state index contributed by atoms with van der Waals surface area (Å²) in [4.78, 5) is 29.0. The van der Waals surface area contributed by atoms with Crippen LogP contribution in [0.4, 0.5) is 0 Å². The van der Waals surface area contributed by atoms with Crippen molar-refractivity contribution >= 4 is 35.2 Å². The number of benzene rings is 1. The van der Waals surface area contributed by atoms with Crippen LogP contribution in [0.15, 0.2) is 64.7 Å². The van der Waals surface area contributed by atoms with Gasteiger partial charge in [0.25, 0.3) is 0 Å². The fourth-order valence-electron chi connectivity index (χ4n) is 2.54. The van der Waals surface area contributed by atoms with Crippen LogP contribution in [-0.4, -0.2) is 27.6 Å². The van der Waals surface area contributed by atoms with Gasteiger partial charge in [0.05, 0.1) is 4.88 Å². The predicted octanol–water partition coefficient (Wildman–Crippen LogP) is 3.62. The van der Waals surface area contributed by atoms with Gasteiger partial charge in [-0.1, -0.05) is 36.4 Å². The predicted molar refractivity (Wildman–Crippen MR) is 98.9 cm³/mol. The molecular weight excluding hydrogens is 350 g/mol. The first-order valence-electron chi connectivity index (χ1n) is 7.84. The second kappa shape index (κ2) is 6.53. The molecule has 0 spiro atoms. The smallest absolute Gasteiger partial charge is 0.363 e. The van der Waals surface area contributed by atoms with E-state index in [0.29, 0.717) is 11.3 Å². The van der Waals surface area contributed by atoms with Gasteiger partial charge in [0.15, 0.2) is 5.70 Å².